The first-order valence-electron chi connectivity index (χ1n) is 4.27. The Morgan fingerprint density at radius 2 is 2.53 bits per heavy atom. The maximum Gasteiger partial charge on any atom is 0.270 e. The van der Waals surface area contributed by atoms with Crippen LogP contribution in [0.3, 0.4) is 0 Å². The standard InChI is InChI=1S/C9H8IN3O2/c10-7-5-12-13-8(7)9(14)11-4-6-2-1-3-15-6/h1-3,5H,4H2,(H,11,14)(H,12,13). The van der Waals surface area contributed by atoms with Gasteiger partial charge in [0.15, 0.2) is 0 Å². The Bertz CT molecular complexity index is 450. The second-order valence-corrected chi connectivity index (χ2v) is 4.02. The molecular formula is C9H8IN3O2. The molecule has 0 aliphatic carbocycles. The molecule has 0 fully saturated rings. The smallest absolute Gasteiger partial charge is 0.270 e. The van der Waals surface area contributed by atoms with Crippen molar-refractivity contribution in [2.75, 3.05) is 0 Å². The molecule has 2 aromatic rings. The van der Waals surface area contributed by atoms with Crippen molar-refractivity contribution in [3.8, 4) is 0 Å². The Morgan fingerprint density at radius 3 is 3.13 bits per heavy atom. The minimum absolute atomic E-state index is 0.187. The molecule has 0 aliphatic heterocycles. The van der Waals surface area contributed by atoms with Crippen molar-refractivity contribution in [1.82, 2.24) is 15.5 Å². The van der Waals surface area contributed by atoms with Crippen LogP contribution in [-0.2, 0) is 6.54 Å². The Hall–Kier alpha value is -1.31. The van der Waals surface area contributed by atoms with Crippen LogP contribution in [0, 0.1) is 3.57 Å². The Labute approximate surface area is 99.4 Å². The van der Waals surface area contributed by atoms with Crippen molar-refractivity contribution in [2.24, 2.45) is 0 Å². The number of carbonyl (C=O) groups excluding carboxylic acids is 1. The van der Waals surface area contributed by atoms with E-state index in [2.05, 4.69) is 15.5 Å². The largest absolute Gasteiger partial charge is 0.467 e. The lowest BCUT2D eigenvalue weighted by Crippen LogP contribution is -2.23. The summed E-state index contributed by atoms with van der Waals surface area (Å²) in [5.41, 5.74) is 0.474. The van der Waals surface area contributed by atoms with Gasteiger partial charge in [-0.2, -0.15) is 5.10 Å². The lowest BCUT2D eigenvalue weighted by molar-refractivity contribution is 0.0942. The first-order valence-corrected chi connectivity index (χ1v) is 5.34. The molecule has 0 bridgehead atoms. The number of hydrogen-bond donors (Lipinski definition) is 2. The first-order chi connectivity index (χ1) is 7.27. The van der Waals surface area contributed by atoms with Crippen LogP contribution in [0.5, 0.6) is 0 Å². The topological polar surface area (TPSA) is 70.9 Å². The summed E-state index contributed by atoms with van der Waals surface area (Å²) in [4.78, 5) is 11.6. The number of aromatic amines is 1. The van der Waals surface area contributed by atoms with Crippen molar-refractivity contribution in [1.29, 1.82) is 0 Å². The van der Waals surface area contributed by atoms with Gasteiger partial charge >= 0.3 is 0 Å². The highest BCUT2D eigenvalue weighted by Crippen LogP contribution is 2.07. The Balaban J connectivity index is 1.96. The molecule has 0 radical (unpaired) electrons. The summed E-state index contributed by atoms with van der Waals surface area (Å²) >= 11 is 2.05. The summed E-state index contributed by atoms with van der Waals surface area (Å²) in [5.74, 6) is 0.533. The molecular weight excluding hydrogens is 309 g/mol. The number of amides is 1. The number of nitrogens with one attached hydrogen (secondary N) is 2. The molecule has 0 unspecified atom stereocenters. The summed E-state index contributed by atoms with van der Waals surface area (Å²) < 4.78 is 5.88. The van der Waals surface area contributed by atoms with Crippen LogP contribution in [0.4, 0.5) is 0 Å². The molecule has 2 N–H and O–H groups in total. The summed E-state index contributed by atoms with van der Waals surface area (Å²) in [6.45, 7) is 0.376. The van der Waals surface area contributed by atoms with Gasteiger partial charge in [0.25, 0.3) is 5.91 Å². The fourth-order valence-corrected chi connectivity index (χ4v) is 1.60. The molecule has 6 heteroatoms. The fraction of sp³-hybridized carbons (Fsp3) is 0.111. The number of furan rings is 1. The number of H-pyrrole nitrogens is 1. The highest BCUT2D eigenvalue weighted by atomic mass is 127. The summed E-state index contributed by atoms with van der Waals surface area (Å²) in [5, 5.41) is 9.13. The monoisotopic (exact) mass is 317 g/mol. The van der Waals surface area contributed by atoms with E-state index in [1.807, 2.05) is 22.6 Å². The predicted octanol–water partition coefficient (Wildman–Crippen LogP) is 1.54. The lowest BCUT2D eigenvalue weighted by Gasteiger charge is -2.00. The first kappa shape index (κ1) is 10.2. The van der Waals surface area contributed by atoms with E-state index in [9.17, 15) is 4.79 Å². The number of carbonyl (C=O) groups is 1. The number of halogens is 1. The molecule has 15 heavy (non-hydrogen) atoms. The lowest BCUT2D eigenvalue weighted by atomic mass is 10.4. The zero-order chi connectivity index (χ0) is 10.7. The van der Waals surface area contributed by atoms with Crippen LogP contribution in [0.25, 0.3) is 0 Å². The average molecular weight is 317 g/mol. The molecule has 5 nitrogen and oxygen atoms in total. The predicted molar refractivity (Wildman–Crippen MR) is 61.2 cm³/mol. The van der Waals surface area contributed by atoms with Crippen LogP contribution in [-0.4, -0.2) is 16.1 Å². The van der Waals surface area contributed by atoms with Gasteiger partial charge in [-0.3, -0.25) is 9.89 Å². The average Bonchev–Trinajstić information content (AvgIpc) is 2.84. The van der Waals surface area contributed by atoms with E-state index in [-0.39, 0.29) is 5.91 Å². The third kappa shape index (κ3) is 2.38. The van der Waals surface area contributed by atoms with Crippen LogP contribution < -0.4 is 5.32 Å². The number of rotatable bonds is 3. The molecule has 1 amide bonds. The third-order valence-corrected chi connectivity index (χ3v) is 2.64. The van der Waals surface area contributed by atoms with Crippen molar-refractivity contribution in [2.45, 2.75) is 6.54 Å². The van der Waals surface area contributed by atoms with Gasteiger partial charge in [-0.15, -0.1) is 0 Å². The van der Waals surface area contributed by atoms with Crippen LogP contribution in [0.1, 0.15) is 16.2 Å². The van der Waals surface area contributed by atoms with Crippen LogP contribution in [0.2, 0.25) is 0 Å². The van der Waals surface area contributed by atoms with Gasteiger partial charge in [0, 0.05) is 0 Å². The van der Waals surface area contributed by atoms with Gasteiger partial charge in [-0.05, 0) is 34.7 Å². The normalized spacial score (nSPS) is 10.2. The zero-order valence-corrected chi connectivity index (χ0v) is 9.82. The van der Waals surface area contributed by atoms with Gasteiger partial charge in [0.05, 0.1) is 22.6 Å². The quantitative estimate of drug-likeness (QED) is 0.844. The molecule has 2 rings (SSSR count). The second-order valence-electron chi connectivity index (χ2n) is 2.85. The highest BCUT2D eigenvalue weighted by molar-refractivity contribution is 14.1. The van der Waals surface area contributed by atoms with Crippen LogP contribution in [0.15, 0.2) is 29.0 Å². The maximum absolute atomic E-state index is 11.6. The number of aromatic nitrogens is 2. The minimum Gasteiger partial charge on any atom is -0.467 e. The minimum atomic E-state index is -0.187. The SMILES string of the molecule is O=C(NCc1ccco1)c1[nH]ncc1I. The highest BCUT2D eigenvalue weighted by Gasteiger charge is 2.11. The van der Waals surface area contributed by atoms with E-state index >= 15 is 0 Å². The number of nitrogens with zero attached hydrogens (tertiary/aromatic N) is 1. The second kappa shape index (κ2) is 4.47. The van der Waals surface area contributed by atoms with Crippen molar-refractivity contribution < 1.29 is 9.21 Å². The van der Waals surface area contributed by atoms with Gasteiger partial charge in [-0.25, -0.2) is 0 Å². The summed E-state index contributed by atoms with van der Waals surface area (Å²) in [6.07, 6.45) is 3.17. The maximum atomic E-state index is 11.6. The van der Waals surface area contributed by atoms with Crippen LogP contribution >= 0.6 is 22.6 Å². The van der Waals surface area contributed by atoms with Gasteiger partial charge in [-0.1, -0.05) is 0 Å². The molecule has 0 atom stereocenters. The van der Waals surface area contributed by atoms with Gasteiger partial charge < -0.3 is 9.73 Å². The molecule has 0 aromatic carbocycles. The van der Waals surface area contributed by atoms with E-state index in [1.54, 1.807) is 24.6 Å². The molecule has 2 heterocycles. The van der Waals surface area contributed by atoms with Gasteiger partial charge in [0.2, 0.25) is 0 Å². The van der Waals surface area contributed by atoms with Crippen molar-refractivity contribution in [3.05, 3.63) is 39.6 Å². The Kier molecular flexibility index (Phi) is 3.05. The molecule has 0 saturated carbocycles. The molecule has 78 valence electrons. The van der Waals surface area contributed by atoms with Crippen molar-refractivity contribution in [3.63, 3.8) is 0 Å². The summed E-state index contributed by atoms with van der Waals surface area (Å²) in [6, 6.07) is 3.58. The van der Waals surface area contributed by atoms with E-state index in [0.29, 0.717) is 12.2 Å². The van der Waals surface area contributed by atoms with E-state index in [1.165, 1.54) is 0 Å². The van der Waals surface area contributed by atoms with Crippen molar-refractivity contribution >= 4 is 28.5 Å². The summed E-state index contributed by atoms with van der Waals surface area (Å²) in [7, 11) is 0. The molecule has 0 saturated heterocycles. The van der Waals surface area contributed by atoms with E-state index in [0.717, 1.165) is 9.33 Å². The molecule has 0 aliphatic rings. The van der Waals surface area contributed by atoms with E-state index in [4.69, 9.17) is 4.42 Å². The fourth-order valence-electron chi connectivity index (χ4n) is 1.10. The van der Waals surface area contributed by atoms with E-state index < -0.39 is 0 Å². The molecule has 0 spiro atoms. The van der Waals surface area contributed by atoms with Gasteiger partial charge in [0.1, 0.15) is 11.5 Å². The third-order valence-electron chi connectivity index (χ3n) is 1.82. The number of hydrogen-bond acceptors (Lipinski definition) is 3. The molecule has 2 aromatic heterocycles. The zero-order valence-electron chi connectivity index (χ0n) is 7.66. The Morgan fingerprint density at radius 1 is 1.67 bits per heavy atom.